The van der Waals surface area contributed by atoms with Crippen molar-refractivity contribution < 1.29 is 14.0 Å². The van der Waals surface area contributed by atoms with Gasteiger partial charge in [0.05, 0.1) is 18.2 Å². The van der Waals surface area contributed by atoms with Crippen molar-refractivity contribution in [3.8, 4) is 0 Å². The molecule has 2 heterocycles. The molecule has 3 fully saturated rings. The number of benzene rings is 1. The highest BCUT2D eigenvalue weighted by atomic mass is 19.1. The molecule has 0 aromatic heterocycles. The maximum absolute atomic E-state index is 13.1. The molecule has 0 bridgehead atoms. The van der Waals surface area contributed by atoms with E-state index in [1.54, 1.807) is 0 Å². The highest BCUT2D eigenvalue weighted by Crippen LogP contribution is 2.28. The van der Waals surface area contributed by atoms with E-state index in [2.05, 4.69) is 9.80 Å². The van der Waals surface area contributed by atoms with Crippen molar-refractivity contribution in [3.05, 3.63) is 30.1 Å². The summed E-state index contributed by atoms with van der Waals surface area (Å²) < 4.78 is 13.1. The van der Waals surface area contributed by atoms with E-state index in [1.807, 2.05) is 0 Å². The Morgan fingerprint density at radius 2 is 1.46 bits per heavy atom. The van der Waals surface area contributed by atoms with Gasteiger partial charge in [0.1, 0.15) is 5.82 Å². The number of halogens is 1. The van der Waals surface area contributed by atoms with Crippen LogP contribution in [0, 0.1) is 5.82 Å². The SMILES string of the molecule is O=C1C[C@H](N2CCN(C3CCCCC3)CC2)C(=O)N1c1ccc(F)cc1. The Kier molecular flexibility index (Phi) is 5.05. The van der Waals surface area contributed by atoms with Crippen molar-refractivity contribution in [1.29, 1.82) is 0 Å². The van der Waals surface area contributed by atoms with Crippen LogP contribution < -0.4 is 4.90 Å². The van der Waals surface area contributed by atoms with Gasteiger partial charge in [0.25, 0.3) is 5.91 Å². The fraction of sp³-hybridized carbons (Fsp3) is 0.600. The topological polar surface area (TPSA) is 43.9 Å². The summed E-state index contributed by atoms with van der Waals surface area (Å²) >= 11 is 0. The minimum atomic E-state index is -0.374. The van der Waals surface area contributed by atoms with E-state index in [1.165, 1.54) is 61.3 Å². The van der Waals surface area contributed by atoms with Gasteiger partial charge in [-0.15, -0.1) is 0 Å². The lowest BCUT2D eigenvalue weighted by molar-refractivity contribution is -0.123. The lowest BCUT2D eigenvalue weighted by Crippen LogP contribution is -2.55. The van der Waals surface area contributed by atoms with Crippen LogP contribution in [-0.2, 0) is 9.59 Å². The van der Waals surface area contributed by atoms with Crippen LogP contribution in [0.1, 0.15) is 38.5 Å². The van der Waals surface area contributed by atoms with Crippen LogP contribution in [0.2, 0.25) is 0 Å². The third kappa shape index (κ3) is 3.40. The Labute approximate surface area is 153 Å². The number of hydrogen-bond donors (Lipinski definition) is 0. The smallest absolute Gasteiger partial charge is 0.251 e. The predicted molar refractivity (Wildman–Crippen MR) is 97.3 cm³/mol. The van der Waals surface area contributed by atoms with Crippen LogP contribution in [0.25, 0.3) is 0 Å². The molecule has 140 valence electrons. The van der Waals surface area contributed by atoms with Gasteiger partial charge in [-0.25, -0.2) is 9.29 Å². The zero-order valence-electron chi connectivity index (χ0n) is 15.1. The Morgan fingerprint density at radius 3 is 2.12 bits per heavy atom. The van der Waals surface area contributed by atoms with Gasteiger partial charge in [-0.3, -0.25) is 19.4 Å². The molecular formula is C20H26FN3O2. The standard InChI is InChI=1S/C20H26FN3O2/c21-15-6-8-17(9-7-15)24-19(25)14-18(20(24)26)23-12-10-22(11-13-23)16-4-2-1-3-5-16/h6-9,16,18H,1-5,10-14H2/t18-/m0/s1. The number of imide groups is 1. The highest BCUT2D eigenvalue weighted by molar-refractivity contribution is 6.22. The fourth-order valence-corrected chi connectivity index (χ4v) is 4.62. The number of nitrogens with zero attached hydrogens (tertiary/aromatic N) is 3. The quantitative estimate of drug-likeness (QED) is 0.778. The second-order valence-electron chi connectivity index (χ2n) is 7.63. The van der Waals surface area contributed by atoms with Crippen molar-refractivity contribution in [2.75, 3.05) is 31.1 Å². The van der Waals surface area contributed by atoms with Crippen molar-refractivity contribution in [2.24, 2.45) is 0 Å². The summed E-state index contributed by atoms with van der Waals surface area (Å²) in [5.41, 5.74) is 0.463. The molecule has 1 aromatic rings. The maximum Gasteiger partial charge on any atom is 0.251 e. The van der Waals surface area contributed by atoms with Crippen LogP contribution in [0.15, 0.2) is 24.3 Å². The number of amides is 2. The summed E-state index contributed by atoms with van der Waals surface area (Å²) in [7, 11) is 0. The molecule has 1 aliphatic carbocycles. The Balaban J connectivity index is 1.39. The molecule has 5 nitrogen and oxygen atoms in total. The number of hydrogen-bond acceptors (Lipinski definition) is 4. The second-order valence-corrected chi connectivity index (χ2v) is 7.63. The van der Waals surface area contributed by atoms with Gasteiger partial charge in [-0.1, -0.05) is 19.3 Å². The van der Waals surface area contributed by atoms with E-state index in [9.17, 15) is 14.0 Å². The number of anilines is 1. The van der Waals surface area contributed by atoms with Gasteiger partial charge in [0, 0.05) is 32.2 Å². The van der Waals surface area contributed by atoms with Crippen molar-refractivity contribution in [2.45, 2.75) is 50.6 Å². The van der Waals surface area contributed by atoms with E-state index in [0.717, 1.165) is 26.2 Å². The predicted octanol–water partition coefficient (Wildman–Crippen LogP) is 2.41. The lowest BCUT2D eigenvalue weighted by Gasteiger charge is -2.42. The first kappa shape index (κ1) is 17.6. The van der Waals surface area contributed by atoms with Crippen molar-refractivity contribution >= 4 is 17.5 Å². The zero-order valence-corrected chi connectivity index (χ0v) is 15.1. The molecule has 0 N–H and O–H groups in total. The molecule has 2 saturated heterocycles. The molecule has 1 aromatic carbocycles. The third-order valence-electron chi connectivity index (χ3n) is 6.09. The van der Waals surface area contributed by atoms with Crippen molar-refractivity contribution in [1.82, 2.24) is 9.80 Å². The summed E-state index contributed by atoms with van der Waals surface area (Å²) in [6.45, 7) is 3.60. The van der Waals surface area contributed by atoms with Crippen LogP contribution in [-0.4, -0.2) is 59.9 Å². The van der Waals surface area contributed by atoms with Gasteiger partial charge < -0.3 is 0 Å². The van der Waals surface area contributed by atoms with Gasteiger partial charge in [0.15, 0.2) is 0 Å². The molecule has 0 unspecified atom stereocenters. The third-order valence-corrected chi connectivity index (χ3v) is 6.09. The Hall–Kier alpha value is -1.79. The molecule has 2 amide bonds. The number of carbonyl (C=O) groups excluding carboxylic acids is 2. The largest absolute Gasteiger partial charge is 0.298 e. The lowest BCUT2D eigenvalue weighted by atomic mass is 9.93. The van der Waals surface area contributed by atoms with Crippen LogP contribution in [0.5, 0.6) is 0 Å². The summed E-state index contributed by atoms with van der Waals surface area (Å²) in [4.78, 5) is 31.2. The molecule has 0 radical (unpaired) electrons. The van der Waals surface area contributed by atoms with Crippen molar-refractivity contribution in [3.63, 3.8) is 0 Å². The van der Waals surface area contributed by atoms with E-state index < -0.39 is 0 Å². The molecular weight excluding hydrogens is 333 g/mol. The highest BCUT2D eigenvalue weighted by Gasteiger charge is 2.43. The molecule has 1 saturated carbocycles. The summed E-state index contributed by atoms with van der Waals surface area (Å²) in [6, 6.07) is 5.88. The van der Waals surface area contributed by atoms with E-state index in [-0.39, 0.29) is 30.1 Å². The first-order valence-corrected chi connectivity index (χ1v) is 9.74. The van der Waals surface area contributed by atoms with Gasteiger partial charge >= 0.3 is 0 Å². The molecule has 2 aliphatic heterocycles. The summed E-state index contributed by atoms with van der Waals surface area (Å²) in [6.07, 6.45) is 6.81. The van der Waals surface area contributed by atoms with Gasteiger partial charge in [0.2, 0.25) is 5.91 Å². The van der Waals surface area contributed by atoms with Crippen LogP contribution >= 0.6 is 0 Å². The summed E-state index contributed by atoms with van der Waals surface area (Å²) in [5.74, 6) is -0.739. The molecule has 3 aliphatic rings. The summed E-state index contributed by atoms with van der Waals surface area (Å²) in [5, 5.41) is 0. The minimum Gasteiger partial charge on any atom is -0.298 e. The maximum atomic E-state index is 13.1. The Bertz CT molecular complexity index is 664. The monoisotopic (exact) mass is 359 g/mol. The van der Waals surface area contributed by atoms with E-state index >= 15 is 0 Å². The average molecular weight is 359 g/mol. The van der Waals surface area contributed by atoms with E-state index in [4.69, 9.17) is 0 Å². The van der Waals surface area contributed by atoms with Gasteiger partial charge in [-0.05, 0) is 37.1 Å². The number of piperazine rings is 1. The fourth-order valence-electron chi connectivity index (χ4n) is 4.62. The molecule has 0 spiro atoms. The number of carbonyl (C=O) groups is 2. The Morgan fingerprint density at radius 1 is 0.846 bits per heavy atom. The normalized spacial score (nSPS) is 26.7. The van der Waals surface area contributed by atoms with Crippen LogP contribution in [0.4, 0.5) is 10.1 Å². The average Bonchev–Trinajstić information content (AvgIpc) is 2.98. The first-order valence-electron chi connectivity index (χ1n) is 9.74. The van der Waals surface area contributed by atoms with Gasteiger partial charge in [-0.2, -0.15) is 0 Å². The van der Waals surface area contributed by atoms with E-state index in [0.29, 0.717) is 11.7 Å². The first-order chi connectivity index (χ1) is 12.6. The zero-order chi connectivity index (χ0) is 18.1. The number of rotatable bonds is 3. The minimum absolute atomic E-state index is 0.173. The molecule has 1 atom stereocenters. The molecule has 6 heteroatoms. The molecule has 4 rings (SSSR count). The molecule has 26 heavy (non-hydrogen) atoms. The van der Waals surface area contributed by atoms with Crippen LogP contribution in [0.3, 0.4) is 0 Å². The second kappa shape index (κ2) is 7.45.